The van der Waals surface area contributed by atoms with Gasteiger partial charge in [0.25, 0.3) is 0 Å². The molecular formula is C13H13N3O2. The molecule has 0 fully saturated rings. The minimum absolute atomic E-state index is 0.000949. The van der Waals surface area contributed by atoms with Crippen LogP contribution in [0.5, 0.6) is 5.75 Å². The monoisotopic (exact) mass is 243 g/mol. The van der Waals surface area contributed by atoms with Crippen LogP contribution in [0, 0.1) is 12.3 Å². The first-order chi connectivity index (χ1) is 8.49. The van der Waals surface area contributed by atoms with Crippen molar-refractivity contribution in [1.82, 2.24) is 4.57 Å². The van der Waals surface area contributed by atoms with E-state index in [9.17, 15) is 9.90 Å². The van der Waals surface area contributed by atoms with Gasteiger partial charge in [0.1, 0.15) is 5.84 Å². The van der Waals surface area contributed by atoms with Crippen LogP contribution in [-0.4, -0.2) is 15.5 Å². The van der Waals surface area contributed by atoms with Crippen molar-refractivity contribution in [2.24, 2.45) is 5.73 Å². The molecule has 18 heavy (non-hydrogen) atoms. The molecule has 1 aromatic heterocycles. The van der Waals surface area contributed by atoms with Crippen LogP contribution in [0.25, 0.3) is 5.69 Å². The van der Waals surface area contributed by atoms with Gasteiger partial charge in [0, 0.05) is 23.0 Å². The summed E-state index contributed by atoms with van der Waals surface area (Å²) in [6, 6.07) is 8.34. The maximum atomic E-state index is 11.3. The van der Waals surface area contributed by atoms with Crippen molar-refractivity contribution >= 4 is 5.84 Å². The van der Waals surface area contributed by atoms with E-state index in [1.165, 1.54) is 12.3 Å². The van der Waals surface area contributed by atoms with Gasteiger partial charge in [-0.2, -0.15) is 0 Å². The fraction of sp³-hybridized carbons (Fsp3) is 0.0769. The van der Waals surface area contributed by atoms with Gasteiger partial charge in [-0.15, -0.1) is 0 Å². The molecule has 0 spiro atoms. The summed E-state index contributed by atoms with van der Waals surface area (Å²) in [5.74, 6) is -0.294. The van der Waals surface area contributed by atoms with Gasteiger partial charge < -0.3 is 15.4 Å². The van der Waals surface area contributed by atoms with Crippen LogP contribution in [0.3, 0.4) is 0 Å². The molecule has 5 nitrogen and oxygen atoms in total. The van der Waals surface area contributed by atoms with Crippen LogP contribution in [0.2, 0.25) is 0 Å². The highest BCUT2D eigenvalue weighted by Crippen LogP contribution is 2.14. The Bertz CT molecular complexity index is 657. The molecule has 0 atom stereocenters. The molecule has 2 aromatic rings. The van der Waals surface area contributed by atoms with E-state index in [1.807, 2.05) is 0 Å². The third-order valence-corrected chi connectivity index (χ3v) is 2.68. The van der Waals surface area contributed by atoms with E-state index < -0.39 is 5.43 Å². The summed E-state index contributed by atoms with van der Waals surface area (Å²) in [6.07, 6.45) is 1.38. The number of pyridine rings is 1. The summed E-state index contributed by atoms with van der Waals surface area (Å²) in [5, 5.41) is 16.7. The van der Waals surface area contributed by atoms with Crippen LogP contribution in [0.1, 0.15) is 11.3 Å². The molecule has 0 saturated carbocycles. The molecular weight excluding hydrogens is 230 g/mol. The lowest BCUT2D eigenvalue weighted by atomic mass is 10.2. The summed E-state index contributed by atoms with van der Waals surface area (Å²) >= 11 is 0. The van der Waals surface area contributed by atoms with E-state index in [0.29, 0.717) is 11.3 Å². The van der Waals surface area contributed by atoms with Crippen LogP contribution < -0.4 is 11.2 Å². The molecule has 1 aromatic carbocycles. The van der Waals surface area contributed by atoms with E-state index in [0.717, 1.165) is 5.69 Å². The Labute approximate surface area is 104 Å². The summed E-state index contributed by atoms with van der Waals surface area (Å²) in [4.78, 5) is 11.3. The molecule has 2 rings (SSSR count). The number of aromatic nitrogens is 1. The smallest absolute Gasteiger partial charge is 0.223 e. The van der Waals surface area contributed by atoms with Crippen LogP contribution in [-0.2, 0) is 0 Å². The zero-order valence-electron chi connectivity index (χ0n) is 9.84. The average molecular weight is 243 g/mol. The molecule has 92 valence electrons. The molecule has 0 aliphatic carbocycles. The first-order valence-corrected chi connectivity index (χ1v) is 5.36. The van der Waals surface area contributed by atoms with Gasteiger partial charge in [-0.25, -0.2) is 0 Å². The van der Waals surface area contributed by atoms with Gasteiger partial charge in [0.05, 0.1) is 6.20 Å². The molecule has 0 aliphatic heterocycles. The third kappa shape index (κ3) is 2.10. The quantitative estimate of drug-likeness (QED) is 0.545. The van der Waals surface area contributed by atoms with Crippen LogP contribution in [0.4, 0.5) is 0 Å². The van der Waals surface area contributed by atoms with E-state index in [-0.39, 0.29) is 11.6 Å². The highest BCUT2D eigenvalue weighted by molar-refractivity contribution is 5.95. The number of amidine groups is 1. The van der Waals surface area contributed by atoms with Gasteiger partial charge >= 0.3 is 0 Å². The maximum absolute atomic E-state index is 11.3. The van der Waals surface area contributed by atoms with Gasteiger partial charge in [0.2, 0.25) is 5.43 Å². The number of benzene rings is 1. The second kappa shape index (κ2) is 4.37. The zero-order valence-corrected chi connectivity index (χ0v) is 9.84. The van der Waals surface area contributed by atoms with E-state index in [2.05, 4.69) is 0 Å². The van der Waals surface area contributed by atoms with E-state index >= 15 is 0 Å². The van der Waals surface area contributed by atoms with Crippen LogP contribution in [0.15, 0.2) is 41.3 Å². The molecule has 5 heteroatoms. The van der Waals surface area contributed by atoms with Gasteiger partial charge in [-0.1, -0.05) is 0 Å². The van der Waals surface area contributed by atoms with Crippen molar-refractivity contribution in [3.05, 3.63) is 58.0 Å². The third-order valence-electron chi connectivity index (χ3n) is 2.68. The average Bonchev–Trinajstić information content (AvgIpc) is 2.34. The summed E-state index contributed by atoms with van der Waals surface area (Å²) in [7, 11) is 0. The fourth-order valence-corrected chi connectivity index (χ4v) is 1.70. The Hall–Kier alpha value is -2.56. The minimum atomic E-state index is -0.399. The molecule has 4 N–H and O–H groups in total. The van der Waals surface area contributed by atoms with E-state index in [4.69, 9.17) is 11.1 Å². The number of aromatic hydroxyl groups is 1. The highest BCUT2D eigenvalue weighted by Gasteiger charge is 2.04. The van der Waals surface area contributed by atoms with Crippen LogP contribution >= 0.6 is 0 Å². The second-order valence-electron chi connectivity index (χ2n) is 3.99. The molecule has 0 radical (unpaired) electrons. The SMILES string of the molecule is Cc1cc(=O)c(O)cn1-c1ccc(C(=N)N)cc1. The topological polar surface area (TPSA) is 92.1 Å². The number of hydrogen-bond acceptors (Lipinski definition) is 3. The number of hydrogen-bond donors (Lipinski definition) is 3. The standard InChI is InChI=1S/C13H13N3O2/c1-8-6-11(17)12(18)7-16(8)10-4-2-9(3-5-10)13(14)15/h2-7,18H,1H3,(H3,14,15). The molecule has 0 amide bonds. The van der Waals surface area contributed by atoms with Crippen molar-refractivity contribution in [2.75, 3.05) is 0 Å². The van der Waals surface area contributed by atoms with Crippen molar-refractivity contribution in [2.45, 2.75) is 6.92 Å². The van der Waals surface area contributed by atoms with Gasteiger partial charge in [-0.05, 0) is 31.2 Å². The maximum Gasteiger partial charge on any atom is 0.223 e. The summed E-state index contributed by atoms with van der Waals surface area (Å²) in [6.45, 7) is 1.78. The number of nitrogens with one attached hydrogen (secondary N) is 1. The zero-order chi connectivity index (χ0) is 13.3. The lowest BCUT2D eigenvalue weighted by Crippen LogP contribution is -2.11. The van der Waals surface area contributed by atoms with Crippen molar-refractivity contribution in [3.8, 4) is 11.4 Å². The second-order valence-corrected chi connectivity index (χ2v) is 3.99. The number of nitrogens with zero attached hydrogens (tertiary/aromatic N) is 1. The predicted octanol–water partition coefficient (Wildman–Crippen LogP) is 1.14. The first kappa shape index (κ1) is 11.9. The lowest BCUT2D eigenvalue weighted by Gasteiger charge is -2.11. The fourth-order valence-electron chi connectivity index (χ4n) is 1.70. The van der Waals surface area contributed by atoms with Crippen molar-refractivity contribution < 1.29 is 5.11 Å². The molecule has 0 saturated heterocycles. The van der Waals surface area contributed by atoms with Crippen molar-refractivity contribution in [3.63, 3.8) is 0 Å². The molecule has 1 heterocycles. The Kier molecular flexibility index (Phi) is 2.89. The predicted molar refractivity (Wildman–Crippen MR) is 69.5 cm³/mol. The Morgan fingerprint density at radius 2 is 1.94 bits per heavy atom. The number of aryl methyl sites for hydroxylation is 1. The van der Waals surface area contributed by atoms with Crippen molar-refractivity contribution in [1.29, 1.82) is 5.41 Å². The van der Waals surface area contributed by atoms with E-state index in [1.54, 1.807) is 35.8 Å². The molecule has 0 aliphatic rings. The Balaban J connectivity index is 2.52. The number of nitrogen functional groups attached to an aromatic ring is 1. The van der Waals surface area contributed by atoms with Gasteiger partial charge in [0.15, 0.2) is 5.75 Å². The number of nitrogens with two attached hydrogens (primary N) is 1. The Morgan fingerprint density at radius 1 is 1.33 bits per heavy atom. The first-order valence-electron chi connectivity index (χ1n) is 5.36. The molecule has 0 unspecified atom stereocenters. The summed E-state index contributed by atoms with van der Waals surface area (Å²) in [5.41, 5.74) is 7.10. The summed E-state index contributed by atoms with van der Waals surface area (Å²) < 4.78 is 1.70. The molecule has 0 bridgehead atoms. The number of rotatable bonds is 2. The minimum Gasteiger partial charge on any atom is -0.503 e. The largest absolute Gasteiger partial charge is 0.503 e. The normalized spacial score (nSPS) is 10.3. The Morgan fingerprint density at radius 3 is 2.50 bits per heavy atom. The lowest BCUT2D eigenvalue weighted by molar-refractivity contribution is 0.465. The van der Waals surface area contributed by atoms with Gasteiger partial charge in [-0.3, -0.25) is 10.2 Å². The highest BCUT2D eigenvalue weighted by atomic mass is 16.3.